The van der Waals surface area contributed by atoms with E-state index in [4.69, 9.17) is 4.98 Å². The van der Waals surface area contributed by atoms with Crippen LogP contribution in [-0.2, 0) is 0 Å². The first-order valence-corrected chi connectivity index (χ1v) is 20.2. The summed E-state index contributed by atoms with van der Waals surface area (Å²) in [7, 11) is -2.98. The fourth-order valence-electron chi connectivity index (χ4n) is 8.45. The van der Waals surface area contributed by atoms with Gasteiger partial charge in [-0.2, -0.15) is 0 Å². The lowest BCUT2D eigenvalue weighted by molar-refractivity contribution is 1.10. The maximum absolute atomic E-state index is 5.40. The van der Waals surface area contributed by atoms with E-state index in [1.165, 1.54) is 42.6 Å². The molecule has 250 valence electrons. The summed E-state index contributed by atoms with van der Waals surface area (Å²) in [5.74, 6) is 0.943. The molecular formula is C49H35N3Si. The molecule has 10 rings (SSSR count). The zero-order valence-electron chi connectivity index (χ0n) is 29.0. The molecule has 0 spiro atoms. The molecule has 0 N–H and O–H groups in total. The van der Waals surface area contributed by atoms with Crippen molar-refractivity contribution >= 4 is 61.7 Å². The first-order valence-electron chi connectivity index (χ1n) is 18.2. The molecule has 2 aromatic heterocycles. The molecule has 0 saturated carbocycles. The highest BCUT2D eigenvalue weighted by atomic mass is 28.3. The molecule has 0 saturated heterocycles. The van der Waals surface area contributed by atoms with Gasteiger partial charge in [-0.25, -0.2) is 4.98 Å². The van der Waals surface area contributed by atoms with Crippen molar-refractivity contribution in [1.82, 2.24) is 14.1 Å². The molecule has 0 unspecified atom stereocenters. The van der Waals surface area contributed by atoms with Crippen molar-refractivity contribution in [2.75, 3.05) is 0 Å². The third-order valence-corrected chi connectivity index (χ3v) is 15.5. The Balaban J connectivity index is 1.27. The molecule has 0 aliphatic carbocycles. The van der Waals surface area contributed by atoms with Gasteiger partial charge in [0.15, 0.2) is 8.07 Å². The Bertz CT molecular complexity index is 2780. The van der Waals surface area contributed by atoms with Crippen molar-refractivity contribution in [2.45, 2.75) is 0 Å². The highest BCUT2D eigenvalue weighted by molar-refractivity contribution is 7.20. The van der Waals surface area contributed by atoms with Gasteiger partial charge in [-0.3, -0.25) is 4.57 Å². The van der Waals surface area contributed by atoms with Gasteiger partial charge in [-0.15, -0.1) is 0 Å². The van der Waals surface area contributed by atoms with E-state index in [9.17, 15) is 0 Å². The lowest BCUT2D eigenvalue weighted by Crippen LogP contribution is -2.75. The van der Waals surface area contributed by atoms with Crippen molar-refractivity contribution in [3.63, 3.8) is 0 Å². The van der Waals surface area contributed by atoms with Crippen LogP contribution >= 0.6 is 0 Å². The SMILES string of the molecule is c1ccc(-n2c(-c3ccccc3[Si](c3ccccc3)(c3ccccc3)c3ccc(-n4c5ccccc5c5ccccc54)cc3)nc3ccccc32)cc1. The maximum Gasteiger partial charge on any atom is 0.180 e. The van der Waals surface area contributed by atoms with Gasteiger partial charge in [0.1, 0.15) is 5.82 Å². The lowest BCUT2D eigenvalue weighted by atomic mass is 10.2. The van der Waals surface area contributed by atoms with Crippen molar-refractivity contribution in [3.8, 4) is 22.8 Å². The predicted molar refractivity (Wildman–Crippen MR) is 224 cm³/mol. The monoisotopic (exact) mass is 693 g/mol. The topological polar surface area (TPSA) is 22.8 Å². The average Bonchev–Trinajstić information content (AvgIpc) is 3.79. The highest BCUT2D eigenvalue weighted by Gasteiger charge is 2.43. The number of imidazole rings is 1. The molecule has 53 heavy (non-hydrogen) atoms. The van der Waals surface area contributed by atoms with Crippen molar-refractivity contribution < 1.29 is 0 Å². The Morgan fingerprint density at radius 1 is 0.340 bits per heavy atom. The summed E-state index contributed by atoms with van der Waals surface area (Å²) in [5, 5.41) is 7.79. The number of fused-ring (bicyclic) bond motifs is 4. The third kappa shape index (κ3) is 4.91. The van der Waals surface area contributed by atoms with Gasteiger partial charge < -0.3 is 4.57 Å². The van der Waals surface area contributed by atoms with Crippen LogP contribution in [0.5, 0.6) is 0 Å². The van der Waals surface area contributed by atoms with E-state index in [1.807, 2.05) is 0 Å². The molecule has 0 aliphatic rings. The van der Waals surface area contributed by atoms with E-state index in [0.29, 0.717) is 0 Å². The minimum atomic E-state index is -2.98. The second-order valence-corrected chi connectivity index (χ2v) is 17.3. The average molecular weight is 694 g/mol. The summed E-state index contributed by atoms with van der Waals surface area (Å²) in [4.78, 5) is 5.40. The molecule has 3 nitrogen and oxygen atoms in total. The predicted octanol–water partition coefficient (Wildman–Crippen LogP) is 9.17. The van der Waals surface area contributed by atoms with E-state index in [-0.39, 0.29) is 0 Å². The largest absolute Gasteiger partial charge is 0.309 e. The number of para-hydroxylation sites is 5. The molecule has 0 fully saturated rings. The zero-order valence-corrected chi connectivity index (χ0v) is 30.0. The molecule has 0 aliphatic heterocycles. The van der Waals surface area contributed by atoms with E-state index in [2.05, 4.69) is 221 Å². The highest BCUT2D eigenvalue weighted by Crippen LogP contribution is 2.32. The Kier molecular flexibility index (Phi) is 7.48. The van der Waals surface area contributed by atoms with Gasteiger partial charge in [-0.05, 0) is 69.3 Å². The van der Waals surface area contributed by atoms with E-state index in [0.717, 1.165) is 33.8 Å². The van der Waals surface area contributed by atoms with Gasteiger partial charge in [0.2, 0.25) is 0 Å². The van der Waals surface area contributed by atoms with Gasteiger partial charge >= 0.3 is 0 Å². The van der Waals surface area contributed by atoms with Crippen LogP contribution in [-0.4, -0.2) is 22.2 Å². The second-order valence-electron chi connectivity index (χ2n) is 13.5. The van der Waals surface area contributed by atoms with E-state index in [1.54, 1.807) is 0 Å². The third-order valence-electron chi connectivity index (χ3n) is 10.7. The Labute approximate surface area is 309 Å². The number of aromatic nitrogens is 3. The smallest absolute Gasteiger partial charge is 0.180 e. The van der Waals surface area contributed by atoms with Crippen molar-refractivity contribution in [2.24, 2.45) is 0 Å². The van der Waals surface area contributed by atoms with Gasteiger partial charge in [0.05, 0.1) is 22.1 Å². The number of nitrogens with zero attached hydrogens (tertiary/aromatic N) is 3. The van der Waals surface area contributed by atoms with Crippen molar-refractivity contribution in [1.29, 1.82) is 0 Å². The van der Waals surface area contributed by atoms with Gasteiger partial charge in [0, 0.05) is 27.7 Å². The molecular weight excluding hydrogens is 659 g/mol. The van der Waals surface area contributed by atoms with E-state index < -0.39 is 8.07 Å². The number of rotatable bonds is 7. The maximum atomic E-state index is 5.40. The summed E-state index contributed by atoms with van der Waals surface area (Å²) in [6.07, 6.45) is 0. The van der Waals surface area contributed by atoms with Crippen LogP contribution in [0.4, 0.5) is 0 Å². The second kappa shape index (κ2) is 12.8. The lowest BCUT2D eigenvalue weighted by Gasteiger charge is -2.36. The molecule has 0 radical (unpaired) electrons. The molecule has 4 heteroatoms. The minimum Gasteiger partial charge on any atom is -0.309 e. The van der Waals surface area contributed by atoms with Crippen molar-refractivity contribution in [3.05, 3.63) is 212 Å². The molecule has 0 bridgehead atoms. The summed E-state index contributed by atoms with van der Waals surface area (Å²) < 4.78 is 4.73. The minimum absolute atomic E-state index is 0.943. The van der Waals surface area contributed by atoms with Gasteiger partial charge in [0.25, 0.3) is 0 Å². The molecule has 0 atom stereocenters. The molecule has 2 heterocycles. The fraction of sp³-hybridized carbons (Fsp3) is 0. The van der Waals surface area contributed by atoms with Crippen LogP contribution in [0.3, 0.4) is 0 Å². The first-order chi connectivity index (χ1) is 26.3. The Hall–Kier alpha value is -6.75. The van der Waals surface area contributed by atoms with Crippen LogP contribution in [0.15, 0.2) is 212 Å². The Morgan fingerprint density at radius 3 is 1.42 bits per heavy atom. The number of hydrogen-bond donors (Lipinski definition) is 0. The number of benzene rings is 8. The summed E-state index contributed by atoms with van der Waals surface area (Å²) in [5.41, 5.74) is 7.86. The summed E-state index contributed by atoms with van der Waals surface area (Å²) in [6, 6.07) is 77.3. The fourth-order valence-corrected chi connectivity index (χ4v) is 13.4. The normalized spacial score (nSPS) is 11.8. The van der Waals surface area contributed by atoms with Crippen LogP contribution in [0, 0.1) is 0 Å². The zero-order chi connectivity index (χ0) is 35.2. The van der Waals surface area contributed by atoms with Crippen LogP contribution in [0.25, 0.3) is 55.6 Å². The first kappa shape index (κ1) is 31.0. The standard InChI is InChI=1S/C49H35N3Si/c1-4-18-36(19-5-1)52-47-30-16-13-27-44(47)50-49(52)43-26-12-17-31-48(43)53(38-20-6-2-7-21-38,39-22-8-3-9-23-39)40-34-32-37(33-35-40)51-45-28-14-10-24-41(45)42-25-11-15-29-46(42)51/h1-35H. The van der Waals surface area contributed by atoms with Crippen LogP contribution < -0.4 is 20.7 Å². The summed E-state index contributed by atoms with van der Waals surface area (Å²) in [6.45, 7) is 0. The summed E-state index contributed by atoms with van der Waals surface area (Å²) >= 11 is 0. The number of hydrogen-bond acceptors (Lipinski definition) is 1. The Morgan fingerprint density at radius 2 is 0.792 bits per heavy atom. The molecule has 10 aromatic rings. The van der Waals surface area contributed by atoms with E-state index >= 15 is 0 Å². The molecule has 0 amide bonds. The quantitative estimate of drug-likeness (QED) is 0.121. The van der Waals surface area contributed by atoms with Crippen LogP contribution in [0.2, 0.25) is 0 Å². The molecule has 8 aromatic carbocycles. The van der Waals surface area contributed by atoms with Gasteiger partial charge in [-0.1, -0.05) is 164 Å². The van der Waals surface area contributed by atoms with Crippen LogP contribution in [0.1, 0.15) is 0 Å².